The Morgan fingerprint density at radius 3 is 2.45 bits per heavy atom. The highest BCUT2D eigenvalue weighted by Gasteiger charge is 2.63. The molecular weight excluding hydrogens is 270 g/mol. The third-order valence-electron chi connectivity index (χ3n) is 5.62. The van der Waals surface area contributed by atoms with E-state index in [2.05, 4.69) is 39.1 Å². The highest BCUT2D eigenvalue weighted by Crippen LogP contribution is 2.67. The van der Waals surface area contributed by atoms with Crippen molar-refractivity contribution in [2.75, 3.05) is 6.54 Å². The van der Waals surface area contributed by atoms with E-state index < -0.39 is 0 Å². The van der Waals surface area contributed by atoms with Gasteiger partial charge in [-0.1, -0.05) is 45.9 Å². The van der Waals surface area contributed by atoms with Gasteiger partial charge in [0.2, 0.25) is 0 Å². The van der Waals surface area contributed by atoms with Gasteiger partial charge in [0, 0.05) is 17.5 Å². The largest absolute Gasteiger partial charge is 0.444 e. The molecule has 108 valence electrons. The Hall–Kier alpha value is -0.990. The van der Waals surface area contributed by atoms with E-state index in [1.54, 1.807) is 0 Å². The Kier molecular flexibility index (Phi) is 3.15. The molecule has 2 aromatic rings. The molecule has 0 amide bonds. The van der Waals surface area contributed by atoms with Gasteiger partial charge in [0.1, 0.15) is 5.58 Å². The number of nitrogens with one attached hydrogen (secondary N) is 1. The molecule has 0 bridgehead atoms. The van der Waals surface area contributed by atoms with Crippen molar-refractivity contribution in [2.24, 2.45) is 16.7 Å². The van der Waals surface area contributed by atoms with E-state index in [9.17, 15) is 0 Å². The Labute approximate surface area is 125 Å². The summed E-state index contributed by atoms with van der Waals surface area (Å²) in [5, 5.41) is 5.17. The summed E-state index contributed by atoms with van der Waals surface area (Å²) in [7, 11) is 0. The molecule has 0 spiro atoms. The summed E-state index contributed by atoms with van der Waals surface area (Å²) in [5.74, 6) is 0.715. The van der Waals surface area contributed by atoms with Crippen LogP contribution in [0.4, 0.5) is 0 Å². The summed E-state index contributed by atoms with van der Waals surface area (Å²) in [4.78, 5) is 0. The standard InChI is InChI=1S/C17H22ClNO/c1-16(2)14(17(16,3)4)10-19-9-12-11-7-5-6-8-13(11)20-15(12)18/h5-8,14,19H,9-10H2,1-4H3. The summed E-state index contributed by atoms with van der Waals surface area (Å²) >= 11 is 6.20. The molecule has 3 heteroatoms. The summed E-state index contributed by atoms with van der Waals surface area (Å²) < 4.78 is 5.58. The van der Waals surface area contributed by atoms with Crippen LogP contribution >= 0.6 is 11.6 Å². The van der Waals surface area contributed by atoms with Crippen LogP contribution in [0.15, 0.2) is 28.7 Å². The van der Waals surface area contributed by atoms with Crippen LogP contribution in [-0.2, 0) is 6.54 Å². The van der Waals surface area contributed by atoms with Crippen molar-refractivity contribution in [3.8, 4) is 0 Å². The first-order valence-electron chi connectivity index (χ1n) is 7.22. The maximum Gasteiger partial charge on any atom is 0.199 e. The fraction of sp³-hybridized carbons (Fsp3) is 0.529. The van der Waals surface area contributed by atoms with E-state index >= 15 is 0 Å². The van der Waals surface area contributed by atoms with Crippen LogP contribution in [0.25, 0.3) is 11.0 Å². The second-order valence-electron chi connectivity index (χ2n) is 6.98. The number of halogens is 1. The second kappa shape index (κ2) is 4.51. The van der Waals surface area contributed by atoms with Crippen molar-refractivity contribution in [3.05, 3.63) is 35.0 Å². The minimum atomic E-state index is 0.419. The summed E-state index contributed by atoms with van der Waals surface area (Å²) in [5.41, 5.74) is 2.77. The zero-order valence-electron chi connectivity index (χ0n) is 12.6. The maximum atomic E-state index is 6.20. The lowest BCUT2D eigenvalue weighted by Crippen LogP contribution is -2.18. The van der Waals surface area contributed by atoms with Gasteiger partial charge in [-0.05, 0) is 41.0 Å². The molecule has 1 heterocycles. The third kappa shape index (κ3) is 1.97. The number of furan rings is 1. The summed E-state index contributed by atoms with van der Waals surface area (Å²) in [6.07, 6.45) is 0. The Bertz CT molecular complexity index is 627. The molecular formula is C17H22ClNO. The maximum absolute atomic E-state index is 6.20. The molecule has 1 aromatic heterocycles. The zero-order chi connectivity index (χ0) is 14.5. The number of hydrogen-bond acceptors (Lipinski definition) is 2. The molecule has 3 rings (SSSR count). The van der Waals surface area contributed by atoms with Gasteiger partial charge in [-0.3, -0.25) is 0 Å². The normalized spacial score (nSPS) is 20.4. The minimum Gasteiger partial charge on any atom is -0.444 e. The number of para-hydroxylation sites is 1. The van der Waals surface area contributed by atoms with Crippen molar-refractivity contribution in [1.29, 1.82) is 0 Å². The Morgan fingerprint density at radius 2 is 1.80 bits per heavy atom. The quantitative estimate of drug-likeness (QED) is 0.870. The number of benzene rings is 1. The van der Waals surface area contributed by atoms with Gasteiger partial charge >= 0.3 is 0 Å². The average Bonchev–Trinajstić information content (AvgIpc) is 2.67. The fourth-order valence-electron chi connectivity index (χ4n) is 3.42. The molecule has 1 aliphatic rings. The molecule has 2 nitrogen and oxygen atoms in total. The minimum absolute atomic E-state index is 0.419. The van der Waals surface area contributed by atoms with E-state index in [4.69, 9.17) is 16.0 Å². The molecule has 0 atom stereocenters. The topological polar surface area (TPSA) is 25.2 Å². The smallest absolute Gasteiger partial charge is 0.199 e. The van der Waals surface area contributed by atoms with E-state index in [0.29, 0.717) is 22.0 Å². The SMILES string of the molecule is CC1(C)C(CNCc2c(Cl)oc3ccccc23)C1(C)C. The van der Waals surface area contributed by atoms with Crippen LogP contribution < -0.4 is 5.32 Å². The van der Waals surface area contributed by atoms with Crippen molar-refractivity contribution in [2.45, 2.75) is 34.2 Å². The molecule has 0 aliphatic heterocycles. The monoisotopic (exact) mass is 291 g/mol. The zero-order valence-corrected chi connectivity index (χ0v) is 13.3. The van der Waals surface area contributed by atoms with Gasteiger partial charge in [-0.15, -0.1) is 0 Å². The van der Waals surface area contributed by atoms with Crippen LogP contribution in [0, 0.1) is 16.7 Å². The van der Waals surface area contributed by atoms with Gasteiger partial charge in [-0.25, -0.2) is 0 Å². The Balaban J connectivity index is 1.68. The first kappa shape index (κ1) is 14.0. The van der Waals surface area contributed by atoms with E-state index in [-0.39, 0.29) is 0 Å². The molecule has 0 unspecified atom stereocenters. The molecule has 20 heavy (non-hydrogen) atoms. The molecule has 1 aromatic carbocycles. The molecule has 0 saturated heterocycles. The lowest BCUT2D eigenvalue weighted by atomic mass is 10.0. The second-order valence-corrected chi connectivity index (χ2v) is 7.32. The van der Waals surface area contributed by atoms with Crippen LogP contribution in [-0.4, -0.2) is 6.54 Å². The van der Waals surface area contributed by atoms with Crippen molar-refractivity contribution in [3.63, 3.8) is 0 Å². The number of rotatable bonds is 4. The van der Waals surface area contributed by atoms with Crippen molar-refractivity contribution < 1.29 is 4.42 Å². The highest BCUT2D eigenvalue weighted by atomic mass is 35.5. The van der Waals surface area contributed by atoms with E-state index in [1.807, 2.05) is 18.2 Å². The first-order chi connectivity index (χ1) is 9.35. The number of hydrogen-bond donors (Lipinski definition) is 1. The van der Waals surface area contributed by atoms with Gasteiger partial charge in [0.15, 0.2) is 5.22 Å². The van der Waals surface area contributed by atoms with Crippen molar-refractivity contribution >= 4 is 22.6 Å². The van der Waals surface area contributed by atoms with Crippen LogP contribution in [0.5, 0.6) is 0 Å². The predicted molar refractivity (Wildman–Crippen MR) is 84.0 cm³/mol. The third-order valence-corrected chi connectivity index (χ3v) is 5.92. The molecule has 1 fully saturated rings. The molecule has 0 radical (unpaired) electrons. The highest BCUT2D eigenvalue weighted by molar-refractivity contribution is 6.30. The molecule has 1 N–H and O–H groups in total. The van der Waals surface area contributed by atoms with Gasteiger partial charge in [0.25, 0.3) is 0 Å². The van der Waals surface area contributed by atoms with Gasteiger partial charge in [0.05, 0.1) is 0 Å². The summed E-state index contributed by atoms with van der Waals surface area (Å²) in [6, 6.07) is 8.00. The number of fused-ring (bicyclic) bond motifs is 1. The first-order valence-corrected chi connectivity index (χ1v) is 7.60. The van der Waals surface area contributed by atoms with Crippen LogP contribution in [0.1, 0.15) is 33.3 Å². The van der Waals surface area contributed by atoms with Gasteiger partial charge < -0.3 is 9.73 Å². The fourth-order valence-corrected chi connectivity index (χ4v) is 3.67. The average molecular weight is 292 g/mol. The lowest BCUT2D eigenvalue weighted by molar-refractivity contribution is 0.457. The molecule has 1 saturated carbocycles. The lowest BCUT2D eigenvalue weighted by Gasteiger charge is -2.05. The predicted octanol–water partition coefficient (Wildman–Crippen LogP) is 4.86. The van der Waals surface area contributed by atoms with Gasteiger partial charge in [-0.2, -0.15) is 0 Å². The van der Waals surface area contributed by atoms with Crippen LogP contribution in [0.3, 0.4) is 0 Å². The van der Waals surface area contributed by atoms with E-state index in [1.165, 1.54) is 0 Å². The summed E-state index contributed by atoms with van der Waals surface area (Å²) in [6.45, 7) is 11.2. The molecule has 1 aliphatic carbocycles. The van der Waals surface area contributed by atoms with Crippen LogP contribution in [0.2, 0.25) is 5.22 Å². The Morgan fingerprint density at radius 1 is 1.15 bits per heavy atom. The van der Waals surface area contributed by atoms with Crippen molar-refractivity contribution in [1.82, 2.24) is 5.32 Å². The van der Waals surface area contributed by atoms with E-state index in [0.717, 1.165) is 29.6 Å².